The van der Waals surface area contributed by atoms with Crippen molar-refractivity contribution in [1.29, 1.82) is 0 Å². The second kappa shape index (κ2) is 8.77. The average molecular weight is 410 g/mol. The minimum atomic E-state index is -1.15. The summed E-state index contributed by atoms with van der Waals surface area (Å²) < 4.78 is 10.2. The number of carbonyl (C=O) groups is 3. The van der Waals surface area contributed by atoms with E-state index in [0.29, 0.717) is 22.6 Å². The van der Waals surface area contributed by atoms with Crippen molar-refractivity contribution in [3.8, 4) is 5.75 Å². The third kappa shape index (κ3) is 5.02. The average Bonchev–Trinajstić information content (AvgIpc) is 3.04. The molecule has 0 fully saturated rings. The van der Waals surface area contributed by atoms with Crippen LogP contribution in [0.15, 0.2) is 40.9 Å². The molecule has 0 aliphatic carbocycles. The number of carboxylic acid groups (broad SMARTS) is 1. The van der Waals surface area contributed by atoms with Gasteiger partial charge in [-0.05, 0) is 54.8 Å². The molecule has 8 heteroatoms. The summed E-state index contributed by atoms with van der Waals surface area (Å²) in [6.45, 7) is 5.21. The largest absolute Gasteiger partial charge is 0.480 e. The van der Waals surface area contributed by atoms with Crippen molar-refractivity contribution in [2.75, 3.05) is 0 Å². The highest BCUT2D eigenvalue weighted by atomic mass is 16.5. The van der Waals surface area contributed by atoms with Gasteiger partial charge < -0.3 is 19.7 Å². The van der Waals surface area contributed by atoms with E-state index < -0.39 is 23.9 Å². The number of aryl methyl sites for hydroxylation is 2. The van der Waals surface area contributed by atoms with Crippen LogP contribution in [0.25, 0.3) is 11.0 Å². The van der Waals surface area contributed by atoms with E-state index in [1.165, 1.54) is 6.92 Å². The zero-order chi connectivity index (χ0) is 21.8. The van der Waals surface area contributed by atoms with E-state index in [4.69, 9.17) is 9.26 Å². The zero-order valence-electron chi connectivity index (χ0n) is 16.9. The maximum Gasteiger partial charge on any atom is 0.326 e. The van der Waals surface area contributed by atoms with E-state index in [0.717, 1.165) is 16.5 Å². The van der Waals surface area contributed by atoms with Gasteiger partial charge >= 0.3 is 11.9 Å². The van der Waals surface area contributed by atoms with Crippen LogP contribution < -0.4 is 10.1 Å². The lowest BCUT2D eigenvalue weighted by atomic mass is 10.0. The molecule has 0 bridgehead atoms. The molecule has 1 aromatic heterocycles. The fourth-order valence-electron chi connectivity index (χ4n) is 3.06. The first-order chi connectivity index (χ1) is 14.2. The molecular weight excluding hydrogens is 388 g/mol. The molecule has 0 saturated heterocycles. The van der Waals surface area contributed by atoms with Crippen LogP contribution in [0.4, 0.5) is 0 Å². The van der Waals surface area contributed by atoms with Gasteiger partial charge in [-0.3, -0.25) is 9.59 Å². The Labute approximate surface area is 172 Å². The maximum absolute atomic E-state index is 12.5. The highest BCUT2D eigenvalue weighted by Gasteiger charge is 2.22. The Morgan fingerprint density at radius 3 is 2.43 bits per heavy atom. The lowest BCUT2D eigenvalue weighted by Gasteiger charge is -2.14. The van der Waals surface area contributed by atoms with Gasteiger partial charge in [0.05, 0.1) is 6.42 Å². The number of aromatic nitrogens is 1. The molecular formula is C22H22N2O6. The molecule has 0 saturated carbocycles. The van der Waals surface area contributed by atoms with Crippen LogP contribution in [-0.4, -0.2) is 34.2 Å². The summed E-state index contributed by atoms with van der Waals surface area (Å²) >= 11 is 0. The lowest BCUT2D eigenvalue weighted by Crippen LogP contribution is -2.43. The molecule has 1 heterocycles. The molecule has 8 nitrogen and oxygen atoms in total. The van der Waals surface area contributed by atoms with Gasteiger partial charge in [-0.15, -0.1) is 0 Å². The quantitative estimate of drug-likeness (QED) is 0.454. The van der Waals surface area contributed by atoms with Crippen molar-refractivity contribution < 1.29 is 28.8 Å². The van der Waals surface area contributed by atoms with Crippen LogP contribution in [-0.2, 0) is 27.2 Å². The van der Waals surface area contributed by atoms with Crippen LogP contribution in [0.3, 0.4) is 0 Å². The van der Waals surface area contributed by atoms with E-state index in [2.05, 4.69) is 10.5 Å². The standard InChI is InChI=1S/C22H22N2O6/c1-12-8-17-18(24-30-20(17)9-13(12)2)11-21(26)23-19(22(27)28)10-15-4-6-16(7-5-15)29-14(3)25/h4-9,19H,10-11H2,1-3H3,(H,23,26)(H,27,28). The lowest BCUT2D eigenvalue weighted by molar-refractivity contribution is -0.141. The third-order valence-electron chi connectivity index (χ3n) is 4.75. The monoisotopic (exact) mass is 410 g/mol. The van der Waals surface area contributed by atoms with E-state index in [-0.39, 0.29) is 12.8 Å². The molecule has 30 heavy (non-hydrogen) atoms. The molecule has 3 rings (SSSR count). The molecule has 1 atom stereocenters. The second-order valence-electron chi connectivity index (χ2n) is 7.14. The highest BCUT2D eigenvalue weighted by Crippen LogP contribution is 2.23. The Morgan fingerprint density at radius 2 is 1.80 bits per heavy atom. The Hall–Kier alpha value is -3.68. The predicted molar refractivity (Wildman–Crippen MR) is 108 cm³/mol. The third-order valence-corrected chi connectivity index (χ3v) is 4.75. The van der Waals surface area contributed by atoms with Crippen LogP contribution in [0, 0.1) is 13.8 Å². The summed E-state index contributed by atoms with van der Waals surface area (Å²) in [5.74, 6) is -1.69. The van der Waals surface area contributed by atoms with Gasteiger partial charge in [0.15, 0.2) is 5.58 Å². The van der Waals surface area contributed by atoms with Gasteiger partial charge in [0.2, 0.25) is 5.91 Å². The summed E-state index contributed by atoms with van der Waals surface area (Å²) in [7, 11) is 0. The normalized spacial score (nSPS) is 11.8. The van der Waals surface area contributed by atoms with Gasteiger partial charge in [-0.1, -0.05) is 17.3 Å². The van der Waals surface area contributed by atoms with E-state index in [1.54, 1.807) is 24.3 Å². The first kappa shape index (κ1) is 21.0. The summed E-state index contributed by atoms with van der Waals surface area (Å²) in [6, 6.07) is 9.10. The molecule has 0 spiro atoms. The summed E-state index contributed by atoms with van der Waals surface area (Å²) in [4.78, 5) is 35.1. The molecule has 3 aromatic rings. The first-order valence-corrected chi connectivity index (χ1v) is 9.38. The number of hydrogen-bond acceptors (Lipinski definition) is 6. The first-order valence-electron chi connectivity index (χ1n) is 9.38. The molecule has 0 aliphatic rings. The van der Waals surface area contributed by atoms with E-state index in [9.17, 15) is 19.5 Å². The number of ether oxygens (including phenoxy) is 1. The fraction of sp³-hybridized carbons (Fsp3) is 0.273. The van der Waals surface area contributed by atoms with Gasteiger partial charge in [-0.2, -0.15) is 0 Å². The van der Waals surface area contributed by atoms with Gasteiger partial charge in [-0.25, -0.2) is 4.79 Å². The number of benzene rings is 2. The Morgan fingerprint density at radius 1 is 1.13 bits per heavy atom. The minimum absolute atomic E-state index is 0.0826. The number of nitrogens with one attached hydrogen (secondary N) is 1. The minimum Gasteiger partial charge on any atom is -0.480 e. The summed E-state index contributed by atoms with van der Waals surface area (Å²) in [6.07, 6.45) is -0.00996. The van der Waals surface area contributed by atoms with Crippen LogP contribution >= 0.6 is 0 Å². The van der Waals surface area contributed by atoms with Gasteiger partial charge in [0.25, 0.3) is 0 Å². The van der Waals surface area contributed by atoms with Crippen molar-refractivity contribution in [1.82, 2.24) is 10.5 Å². The SMILES string of the molecule is CC(=O)Oc1ccc(CC(NC(=O)Cc2noc3cc(C)c(C)cc23)C(=O)O)cc1. The summed E-state index contributed by atoms with van der Waals surface area (Å²) in [5, 5.41) is 16.7. The van der Waals surface area contributed by atoms with Crippen molar-refractivity contribution >= 4 is 28.8 Å². The number of nitrogens with zero attached hydrogens (tertiary/aromatic N) is 1. The van der Waals surface area contributed by atoms with Crippen LogP contribution in [0.5, 0.6) is 5.75 Å². The van der Waals surface area contributed by atoms with Crippen molar-refractivity contribution in [3.05, 3.63) is 58.8 Å². The molecule has 2 aromatic carbocycles. The van der Waals surface area contributed by atoms with Crippen molar-refractivity contribution in [2.45, 2.75) is 39.7 Å². The Balaban J connectivity index is 1.68. The number of rotatable bonds is 7. The Kier molecular flexibility index (Phi) is 6.15. The number of hydrogen-bond donors (Lipinski definition) is 2. The van der Waals surface area contributed by atoms with Crippen molar-refractivity contribution in [2.24, 2.45) is 0 Å². The molecule has 0 aliphatic heterocycles. The number of aliphatic carboxylic acids is 1. The fourth-order valence-corrected chi connectivity index (χ4v) is 3.06. The number of carbonyl (C=O) groups excluding carboxylic acids is 2. The van der Waals surface area contributed by atoms with E-state index >= 15 is 0 Å². The van der Waals surface area contributed by atoms with Gasteiger partial charge in [0.1, 0.15) is 17.5 Å². The maximum atomic E-state index is 12.5. The van der Waals surface area contributed by atoms with E-state index in [1.807, 2.05) is 26.0 Å². The number of amides is 1. The summed E-state index contributed by atoms with van der Waals surface area (Å²) in [5.41, 5.74) is 3.83. The van der Waals surface area contributed by atoms with Gasteiger partial charge in [0, 0.05) is 18.7 Å². The van der Waals surface area contributed by atoms with Crippen LogP contribution in [0.2, 0.25) is 0 Å². The smallest absolute Gasteiger partial charge is 0.326 e. The highest BCUT2D eigenvalue weighted by molar-refractivity contribution is 5.89. The molecule has 156 valence electrons. The Bertz CT molecular complexity index is 1100. The number of fused-ring (bicyclic) bond motifs is 1. The molecule has 0 radical (unpaired) electrons. The van der Waals surface area contributed by atoms with Crippen molar-refractivity contribution in [3.63, 3.8) is 0 Å². The molecule has 1 amide bonds. The number of esters is 1. The molecule has 1 unspecified atom stereocenters. The van der Waals surface area contributed by atoms with Crippen LogP contribution in [0.1, 0.15) is 29.3 Å². The molecule has 2 N–H and O–H groups in total. The zero-order valence-corrected chi connectivity index (χ0v) is 16.9. The number of carboxylic acids is 1. The topological polar surface area (TPSA) is 119 Å². The second-order valence-corrected chi connectivity index (χ2v) is 7.14. The predicted octanol–water partition coefficient (Wildman–Crippen LogP) is 2.72.